The number of hydrogen-bond donors (Lipinski definition) is 1. The number of carbonyl (C=O) groups excluding carboxylic acids is 2. The lowest BCUT2D eigenvalue weighted by Crippen LogP contribution is -2.37. The van der Waals surface area contributed by atoms with Gasteiger partial charge in [0.05, 0.1) is 24.1 Å². The minimum atomic E-state index is -0.449. The smallest absolute Gasteiger partial charge is 0.309 e. The van der Waals surface area contributed by atoms with Gasteiger partial charge in [-0.2, -0.15) is 0 Å². The van der Waals surface area contributed by atoms with Crippen molar-refractivity contribution in [3.8, 4) is 11.5 Å². The molecule has 0 aliphatic carbocycles. The largest absolute Gasteiger partial charge is 0.490 e. The molecule has 1 fully saturated rings. The molecule has 0 unspecified atom stereocenters. The Morgan fingerprint density at radius 2 is 1.82 bits per heavy atom. The summed E-state index contributed by atoms with van der Waals surface area (Å²) in [7, 11) is 0. The number of piperidine rings is 1. The maximum Gasteiger partial charge on any atom is 0.309 e. The van der Waals surface area contributed by atoms with Gasteiger partial charge in [0.2, 0.25) is 0 Å². The van der Waals surface area contributed by atoms with Crippen LogP contribution in [0.1, 0.15) is 19.3 Å². The topological polar surface area (TPSA) is 120 Å². The zero-order valence-corrected chi connectivity index (χ0v) is 18.0. The lowest BCUT2D eigenvalue weighted by atomic mass is 9.96. The van der Waals surface area contributed by atoms with E-state index in [2.05, 4.69) is 5.32 Å². The van der Waals surface area contributed by atoms with Crippen LogP contribution in [0, 0.1) is 16.0 Å². The van der Waals surface area contributed by atoms with E-state index in [0.717, 1.165) is 6.42 Å². The molecular weight excluding hydrogens is 430 g/mol. The second-order valence-corrected chi connectivity index (χ2v) is 7.88. The maximum atomic E-state index is 12.4. The number of amides is 1. The van der Waals surface area contributed by atoms with E-state index in [1.807, 2.05) is 4.90 Å². The molecule has 0 aromatic heterocycles. The monoisotopic (exact) mass is 455 g/mol. The molecule has 0 radical (unpaired) electrons. The van der Waals surface area contributed by atoms with Crippen molar-refractivity contribution in [2.24, 2.45) is 5.92 Å². The van der Waals surface area contributed by atoms with Crippen molar-refractivity contribution >= 4 is 28.9 Å². The SMILES string of the molecule is O=C(COC(=O)C1CCN(c2ccccc2[N+](=O)[O-])CC1)Nc1ccc2c(c1)OCCCO2. The molecule has 2 aromatic rings. The quantitative estimate of drug-likeness (QED) is 0.401. The van der Waals surface area contributed by atoms with E-state index in [0.29, 0.717) is 62.0 Å². The van der Waals surface area contributed by atoms with Crippen LogP contribution in [0.4, 0.5) is 17.1 Å². The summed E-state index contributed by atoms with van der Waals surface area (Å²) in [6.45, 7) is 1.72. The van der Waals surface area contributed by atoms with Gasteiger partial charge in [0.15, 0.2) is 18.1 Å². The standard InChI is InChI=1S/C23H25N3O7/c27-22(24-17-6-7-20-21(14-17)32-13-3-12-31-20)15-33-23(28)16-8-10-25(11-9-16)18-4-1-2-5-19(18)26(29)30/h1-2,4-7,14,16H,3,8-13,15H2,(H,24,27). The average Bonchev–Trinajstić information content (AvgIpc) is 3.07. The molecule has 1 amide bonds. The number of hydrogen-bond acceptors (Lipinski definition) is 8. The third-order valence-corrected chi connectivity index (χ3v) is 5.62. The Kier molecular flexibility index (Phi) is 6.92. The number of nitrogens with zero attached hydrogens (tertiary/aromatic N) is 2. The van der Waals surface area contributed by atoms with Crippen LogP contribution in [0.15, 0.2) is 42.5 Å². The summed E-state index contributed by atoms with van der Waals surface area (Å²) in [4.78, 5) is 37.4. The predicted octanol–water partition coefficient (Wildman–Crippen LogP) is 3.15. The number of anilines is 2. The van der Waals surface area contributed by atoms with Crippen LogP contribution in [-0.2, 0) is 14.3 Å². The number of nitro groups is 1. The summed E-state index contributed by atoms with van der Waals surface area (Å²) in [6, 6.07) is 11.7. The number of rotatable bonds is 6. The Hall–Kier alpha value is -3.82. The fourth-order valence-corrected chi connectivity index (χ4v) is 3.93. The zero-order chi connectivity index (χ0) is 23.2. The van der Waals surface area contributed by atoms with Crippen molar-refractivity contribution in [2.45, 2.75) is 19.3 Å². The van der Waals surface area contributed by atoms with Crippen molar-refractivity contribution in [3.63, 3.8) is 0 Å². The van der Waals surface area contributed by atoms with Crippen molar-refractivity contribution in [1.29, 1.82) is 0 Å². The highest BCUT2D eigenvalue weighted by atomic mass is 16.6. The minimum absolute atomic E-state index is 0.0463. The van der Waals surface area contributed by atoms with E-state index < -0.39 is 23.4 Å². The Bertz CT molecular complexity index is 1030. The van der Waals surface area contributed by atoms with Crippen molar-refractivity contribution in [1.82, 2.24) is 0 Å². The number of fused-ring (bicyclic) bond motifs is 1. The van der Waals surface area contributed by atoms with Gasteiger partial charge >= 0.3 is 5.97 Å². The fraction of sp³-hybridized carbons (Fsp3) is 0.391. The third kappa shape index (κ3) is 5.51. The van der Waals surface area contributed by atoms with Gasteiger partial charge in [0, 0.05) is 37.3 Å². The highest BCUT2D eigenvalue weighted by Gasteiger charge is 2.29. The first-order chi connectivity index (χ1) is 16.0. The predicted molar refractivity (Wildman–Crippen MR) is 120 cm³/mol. The average molecular weight is 455 g/mol. The lowest BCUT2D eigenvalue weighted by molar-refractivity contribution is -0.384. The molecule has 0 bridgehead atoms. The van der Waals surface area contributed by atoms with Crippen molar-refractivity contribution < 1.29 is 28.7 Å². The molecule has 10 heteroatoms. The first-order valence-electron chi connectivity index (χ1n) is 10.9. The lowest BCUT2D eigenvalue weighted by Gasteiger charge is -2.32. The molecule has 1 saturated heterocycles. The molecule has 2 aromatic carbocycles. The van der Waals surface area contributed by atoms with E-state index in [1.165, 1.54) is 6.07 Å². The number of carbonyl (C=O) groups is 2. The normalized spacial score (nSPS) is 15.9. The van der Waals surface area contributed by atoms with E-state index in [4.69, 9.17) is 14.2 Å². The van der Waals surface area contributed by atoms with E-state index in [-0.39, 0.29) is 11.6 Å². The summed E-state index contributed by atoms with van der Waals surface area (Å²) < 4.78 is 16.4. The first-order valence-corrected chi connectivity index (χ1v) is 10.9. The Morgan fingerprint density at radius 3 is 2.58 bits per heavy atom. The van der Waals surface area contributed by atoms with E-state index in [9.17, 15) is 19.7 Å². The van der Waals surface area contributed by atoms with Gasteiger partial charge in [-0.05, 0) is 31.0 Å². The van der Waals surface area contributed by atoms with Crippen LogP contribution in [0.5, 0.6) is 11.5 Å². The molecule has 33 heavy (non-hydrogen) atoms. The molecular formula is C23H25N3O7. The van der Waals surface area contributed by atoms with E-state index >= 15 is 0 Å². The van der Waals surface area contributed by atoms with Gasteiger partial charge in [-0.25, -0.2) is 0 Å². The number of nitrogens with one attached hydrogen (secondary N) is 1. The van der Waals surface area contributed by atoms with Crippen LogP contribution in [0.2, 0.25) is 0 Å². The van der Waals surface area contributed by atoms with E-state index in [1.54, 1.807) is 36.4 Å². The summed E-state index contributed by atoms with van der Waals surface area (Å²) >= 11 is 0. The van der Waals surface area contributed by atoms with Crippen molar-refractivity contribution in [3.05, 3.63) is 52.6 Å². The second-order valence-electron chi connectivity index (χ2n) is 7.88. The highest BCUT2D eigenvalue weighted by Crippen LogP contribution is 2.33. The maximum absolute atomic E-state index is 12.4. The van der Waals surface area contributed by atoms with Crippen molar-refractivity contribution in [2.75, 3.05) is 43.1 Å². The van der Waals surface area contributed by atoms with Gasteiger partial charge < -0.3 is 24.4 Å². The molecule has 0 saturated carbocycles. The summed E-state index contributed by atoms with van der Waals surface area (Å²) in [5.74, 6) is -0.0483. The summed E-state index contributed by atoms with van der Waals surface area (Å²) in [5, 5.41) is 13.9. The zero-order valence-electron chi connectivity index (χ0n) is 18.0. The second kappa shape index (κ2) is 10.2. The number of para-hydroxylation sites is 2. The number of esters is 1. The van der Waals surface area contributed by atoms with Crippen LogP contribution >= 0.6 is 0 Å². The first kappa shape index (κ1) is 22.4. The number of ether oxygens (including phenoxy) is 3. The van der Waals surface area contributed by atoms with Gasteiger partial charge in [0.1, 0.15) is 5.69 Å². The van der Waals surface area contributed by atoms with Crippen LogP contribution < -0.4 is 19.7 Å². The van der Waals surface area contributed by atoms with Crippen LogP contribution in [-0.4, -0.2) is 49.7 Å². The molecule has 1 N–H and O–H groups in total. The van der Waals surface area contributed by atoms with Crippen LogP contribution in [0.3, 0.4) is 0 Å². The summed E-state index contributed by atoms with van der Waals surface area (Å²) in [6.07, 6.45) is 1.77. The van der Waals surface area contributed by atoms with Gasteiger partial charge in [0.25, 0.3) is 11.6 Å². The molecule has 0 atom stereocenters. The molecule has 2 aliphatic rings. The molecule has 10 nitrogen and oxygen atoms in total. The Labute approximate surface area is 190 Å². The van der Waals surface area contributed by atoms with Gasteiger partial charge in [-0.15, -0.1) is 0 Å². The fourth-order valence-electron chi connectivity index (χ4n) is 3.93. The Balaban J connectivity index is 1.25. The Morgan fingerprint density at radius 1 is 1.09 bits per heavy atom. The third-order valence-electron chi connectivity index (χ3n) is 5.62. The molecule has 174 valence electrons. The number of nitro benzene ring substituents is 1. The molecule has 2 heterocycles. The molecule has 0 spiro atoms. The molecule has 4 rings (SSSR count). The highest BCUT2D eigenvalue weighted by molar-refractivity contribution is 5.93. The summed E-state index contributed by atoms with van der Waals surface area (Å²) in [5.41, 5.74) is 1.12. The minimum Gasteiger partial charge on any atom is -0.490 e. The van der Waals surface area contributed by atoms with Gasteiger partial charge in [-0.3, -0.25) is 19.7 Å². The van der Waals surface area contributed by atoms with Gasteiger partial charge in [-0.1, -0.05) is 12.1 Å². The molecule has 2 aliphatic heterocycles. The number of benzene rings is 2. The van der Waals surface area contributed by atoms with Crippen LogP contribution in [0.25, 0.3) is 0 Å².